The molecule has 2 saturated heterocycles. The van der Waals surface area contributed by atoms with Gasteiger partial charge in [-0.05, 0) is 64.0 Å². The van der Waals surface area contributed by atoms with Gasteiger partial charge in [0.05, 0.1) is 6.04 Å². The highest BCUT2D eigenvalue weighted by atomic mass is 32.1. The van der Waals surface area contributed by atoms with Crippen LogP contribution in [0.2, 0.25) is 0 Å². The van der Waals surface area contributed by atoms with Gasteiger partial charge >= 0.3 is 0 Å². The number of aromatic nitrogens is 1. The predicted octanol–water partition coefficient (Wildman–Crippen LogP) is 2.89. The van der Waals surface area contributed by atoms with Crippen LogP contribution in [0.15, 0.2) is 5.38 Å². The minimum absolute atomic E-state index is 0.235. The Kier molecular flexibility index (Phi) is 3.73. The highest BCUT2D eigenvalue weighted by Gasteiger charge is 2.59. The maximum absolute atomic E-state index is 13.1. The van der Waals surface area contributed by atoms with Crippen molar-refractivity contribution in [1.82, 2.24) is 15.2 Å². The predicted molar refractivity (Wildman–Crippen MR) is 87.8 cm³/mol. The number of piperidine rings is 2. The molecule has 5 heteroatoms. The molecule has 2 aliphatic heterocycles. The van der Waals surface area contributed by atoms with Crippen LogP contribution in [-0.2, 0) is 4.79 Å². The molecule has 1 aromatic rings. The summed E-state index contributed by atoms with van der Waals surface area (Å²) in [6.07, 6.45) is 6.92. The maximum atomic E-state index is 13.1. The number of rotatable bonds is 2. The van der Waals surface area contributed by atoms with E-state index in [9.17, 15) is 4.79 Å². The molecule has 1 aromatic heterocycles. The number of aryl methyl sites for hydroxylation is 1. The number of nitrogens with one attached hydrogen (secondary N) is 1. The van der Waals surface area contributed by atoms with Gasteiger partial charge < -0.3 is 10.2 Å². The van der Waals surface area contributed by atoms with Crippen molar-refractivity contribution in [3.63, 3.8) is 0 Å². The molecule has 1 saturated carbocycles. The number of carbonyl (C=O) groups excluding carboxylic acids is 1. The van der Waals surface area contributed by atoms with Crippen LogP contribution < -0.4 is 5.32 Å². The van der Waals surface area contributed by atoms with Crippen LogP contribution in [0.25, 0.3) is 0 Å². The second kappa shape index (κ2) is 5.60. The largest absolute Gasteiger partial charge is 0.333 e. The smallest absolute Gasteiger partial charge is 0.226 e. The molecular weight excluding hydrogens is 294 g/mol. The third kappa shape index (κ3) is 2.48. The molecular formula is C17H25N3OS. The first-order valence-electron chi connectivity index (χ1n) is 8.63. The van der Waals surface area contributed by atoms with Gasteiger partial charge in [0.2, 0.25) is 5.91 Å². The van der Waals surface area contributed by atoms with Gasteiger partial charge in [0.15, 0.2) is 0 Å². The number of hydrogen-bond donors (Lipinski definition) is 1. The van der Waals surface area contributed by atoms with Crippen molar-refractivity contribution in [2.75, 3.05) is 19.6 Å². The first kappa shape index (κ1) is 14.6. The van der Waals surface area contributed by atoms with Crippen LogP contribution >= 0.6 is 11.3 Å². The Labute approximate surface area is 136 Å². The second-order valence-electron chi connectivity index (χ2n) is 7.24. The van der Waals surface area contributed by atoms with Gasteiger partial charge in [-0.3, -0.25) is 4.79 Å². The van der Waals surface area contributed by atoms with Crippen LogP contribution in [0.3, 0.4) is 0 Å². The molecule has 2 atom stereocenters. The molecule has 1 spiro atoms. The molecule has 1 aliphatic carbocycles. The molecule has 0 aromatic carbocycles. The Morgan fingerprint density at radius 2 is 2.23 bits per heavy atom. The van der Waals surface area contributed by atoms with Crippen molar-refractivity contribution >= 4 is 17.2 Å². The lowest BCUT2D eigenvalue weighted by atomic mass is 9.91. The van der Waals surface area contributed by atoms with Crippen LogP contribution in [0.5, 0.6) is 0 Å². The summed E-state index contributed by atoms with van der Waals surface area (Å²) < 4.78 is 0. The van der Waals surface area contributed by atoms with E-state index in [2.05, 4.69) is 20.6 Å². The lowest BCUT2D eigenvalue weighted by Crippen LogP contribution is -2.41. The average molecular weight is 319 g/mol. The zero-order valence-electron chi connectivity index (χ0n) is 13.3. The number of hydrogen-bond acceptors (Lipinski definition) is 4. The van der Waals surface area contributed by atoms with Gasteiger partial charge in [-0.2, -0.15) is 0 Å². The van der Waals surface area contributed by atoms with E-state index in [0.29, 0.717) is 11.3 Å². The number of amides is 1. The van der Waals surface area contributed by atoms with Gasteiger partial charge in [0.1, 0.15) is 5.01 Å². The molecule has 3 fully saturated rings. The summed E-state index contributed by atoms with van der Waals surface area (Å²) in [5.41, 5.74) is 1.42. The summed E-state index contributed by atoms with van der Waals surface area (Å²) in [4.78, 5) is 19.9. The first-order chi connectivity index (χ1) is 10.7. The van der Waals surface area contributed by atoms with E-state index in [1.165, 1.54) is 19.3 Å². The van der Waals surface area contributed by atoms with Crippen LogP contribution in [-0.4, -0.2) is 35.4 Å². The molecule has 4 nitrogen and oxygen atoms in total. The van der Waals surface area contributed by atoms with Crippen LogP contribution in [0.1, 0.15) is 55.3 Å². The normalized spacial score (nSPS) is 30.5. The monoisotopic (exact) mass is 319 g/mol. The summed E-state index contributed by atoms with van der Waals surface area (Å²) in [7, 11) is 0. The summed E-state index contributed by atoms with van der Waals surface area (Å²) in [6, 6.07) is 0.235. The summed E-state index contributed by atoms with van der Waals surface area (Å²) in [6.45, 7) is 5.13. The summed E-state index contributed by atoms with van der Waals surface area (Å²) >= 11 is 1.72. The number of likely N-dealkylation sites (tertiary alicyclic amines) is 1. The zero-order chi connectivity index (χ0) is 15.2. The molecule has 3 aliphatic rings. The van der Waals surface area contributed by atoms with Gasteiger partial charge in [0, 0.05) is 23.5 Å². The van der Waals surface area contributed by atoms with Crippen molar-refractivity contribution in [1.29, 1.82) is 0 Å². The molecule has 120 valence electrons. The Morgan fingerprint density at radius 1 is 1.41 bits per heavy atom. The lowest BCUT2D eigenvalue weighted by Gasteiger charge is -2.35. The van der Waals surface area contributed by atoms with E-state index in [1.807, 2.05) is 6.92 Å². The van der Waals surface area contributed by atoms with E-state index in [4.69, 9.17) is 0 Å². The third-order valence-electron chi connectivity index (χ3n) is 5.79. The van der Waals surface area contributed by atoms with Crippen molar-refractivity contribution in [2.24, 2.45) is 11.3 Å². The van der Waals surface area contributed by atoms with Crippen molar-refractivity contribution < 1.29 is 4.79 Å². The zero-order valence-corrected chi connectivity index (χ0v) is 14.1. The van der Waals surface area contributed by atoms with Gasteiger partial charge in [0.25, 0.3) is 0 Å². The second-order valence-corrected chi connectivity index (χ2v) is 8.13. The van der Waals surface area contributed by atoms with E-state index in [1.54, 1.807) is 11.3 Å². The van der Waals surface area contributed by atoms with E-state index < -0.39 is 0 Å². The topological polar surface area (TPSA) is 45.2 Å². The number of nitrogens with zero attached hydrogens (tertiary/aromatic N) is 2. The Morgan fingerprint density at radius 3 is 2.95 bits per heavy atom. The van der Waals surface area contributed by atoms with Crippen molar-refractivity contribution in [2.45, 2.75) is 51.5 Å². The third-order valence-corrected chi connectivity index (χ3v) is 6.86. The van der Waals surface area contributed by atoms with Crippen molar-refractivity contribution in [3.05, 3.63) is 16.1 Å². The number of carbonyl (C=O) groups is 1. The molecule has 1 N–H and O–H groups in total. The molecule has 0 bridgehead atoms. The fourth-order valence-electron chi connectivity index (χ4n) is 4.35. The quantitative estimate of drug-likeness (QED) is 0.911. The lowest BCUT2D eigenvalue weighted by molar-refractivity contribution is -0.137. The Bertz CT molecular complexity index is 564. The molecule has 22 heavy (non-hydrogen) atoms. The van der Waals surface area contributed by atoms with Gasteiger partial charge in [-0.15, -0.1) is 11.3 Å². The highest BCUT2D eigenvalue weighted by Crippen LogP contribution is 2.59. The van der Waals surface area contributed by atoms with Crippen LogP contribution in [0.4, 0.5) is 0 Å². The molecule has 2 unspecified atom stereocenters. The summed E-state index contributed by atoms with van der Waals surface area (Å²) in [5.74, 6) is 0.704. The van der Waals surface area contributed by atoms with E-state index in [-0.39, 0.29) is 12.0 Å². The molecule has 0 radical (unpaired) electrons. The maximum Gasteiger partial charge on any atom is 0.226 e. The number of thiazole rings is 1. The minimum atomic E-state index is 0.235. The van der Waals surface area contributed by atoms with E-state index in [0.717, 1.165) is 49.6 Å². The highest BCUT2D eigenvalue weighted by molar-refractivity contribution is 7.09. The minimum Gasteiger partial charge on any atom is -0.333 e. The summed E-state index contributed by atoms with van der Waals surface area (Å²) in [5, 5.41) is 6.68. The van der Waals surface area contributed by atoms with E-state index >= 15 is 0 Å². The SMILES string of the molecule is Cc1csc(C2CCCCN2C(=O)C2CC23CCNCC3)n1. The molecule has 1 amide bonds. The average Bonchev–Trinajstić information content (AvgIpc) is 3.05. The fraction of sp³-hybridized carbons (Fsp3) is 0.765. The Hall–Kier alpha value is -0.940. The molecule has 3 heterocycles. The van der Waals surface area contributed by atoms with Gasteiger partial charge in [-0.1, -0.05) is 0 Å². The van der Waals surface area contributed by atoms with Crippen molar-refractivity contribution in [3.8, 4) is 0 Å². The standard InChI is InChI=1S/C17H25N3OS/c1-12-11-22-15(19-12)14-4-2-3-9-20(14)16(21)13-10-17(13)5-7-18-8-6-17/h11,13-14,18H,2-10H2,1H3. The molecule has 4 rings (SSSR count). The van der Waals surface area contributed by atoms with Gasteiger partial charge in [-0.25, -0.2) is 4.98 Å². The Balaban J connectivity index is 1.51. The fourth-order valence-corrected chi connectivity index (χ4v) is 5.29. The first-order valence-corrected chi connectivity index (χ1v) is 9.51. The van der Waals surface area contributed by atoms with Crippen LogP contribution in [0, 0.1) is 18.3 Å².